The molecule has 0 radical (unpaired) electrons. The molecule has 2 atom stereocenters. The molecule has 2 saturated heterocycles. The predicted octanol–water partition coefficient (Wildman–Crippen LogP) is 3.92. The Balaban J connectivity index is 1.47. The summed E-state index contributed by atoms with van der Waals surface area (Å²) in [6.07, 6.45) is 8.21. The second-order valence-corrected chi connectivity index (χ2v) is 8.22. The van der Waals surface area contributed by atoms with Crippen molar-refractivity contribution in [2.45, 2.75) is 38.1 Å². The molecule has 2 fully saturated rings. The van der Waals surface area contributed by atoms with Crippen LogP contribution in [0.2, 0.25) is 0 Å². The van der Waals surface area contributed by atoms with Gasteiger partial charge in [0.2, 0.25) is 5.95 Å². The van der Waals surface area contributed by atoms with Crippen molar-refractivity contribution in [3.8, 4) is 17.2 Å². The van der Waals surface area contributed by atoms with E-state index in [1.54, 1.807) is 27.5 Å². The van der Waals surface area contributed by atoms with E-state index in [2.05, 4.69) is 25.5 Å². The SMILES string of the molecule is COc1cc(Nc2ncc(OC)c(NC[C@@H]3CCCN4CCCC[C@H]34)n2)cc(OC)c1. The molecule has 31 heavy (non-hydrogen) atoms. The van der Waals surface area contributed by atoms with Gasteiger partial charge >= 0.3 is 0 Å². The largest absolute Gasteiger partial charge is 0.497 e. The molecule has 0 saturated carbocycles. The first kappa shape index (κ1) is 21.5. The highest BCUT2D eigenvalue weighted by molar-refractivity contribution is 5.61. The lowest BCUT2D eigenvalue weighted by Gasteiger charge is -2.44. The first-order chi connectivity index (χ1) is 15.2. The van der Waals surface area contributed by atoms with E-state index in [9.17, 15) is 0 Å². The molecule has 0 bridgehead atoms. The van der Waals surface area contributed by atoms with Gasteiger partial charge < -0.3 is 29.7 Å². The van der Waals surface area contributed by atoms with Crippen molar-refractivity contribution in [3.63, 3.8) is 0 Å². The Labute approximate surface area is 184 Å². The summed E-state index contributed by atoms with van der Waals surface area (Å²) in [7, 11) is 4.90. The average molecular weight is 428 g/mol. The zero-order chi connectivity index (χ0) is 21.6. The number of aromatic nitrogens is 2. The van der Waals surface area contributed by atoms with Crippen molar-refractivity contribution in [2.75, 3.05) is 51.6 Å². The lowest BCUT2D eigenvalue weighted by atomic mass is 9.83. The number of methoxy groups -OCH3 is 3. The van der Waals surface area contributed by atoms with Crippen molar-refractivity contribution in [2.24, 2.45) is 5.92 Å². The van der Waals surface area contributed by atoms with Crippen LogP contribution in [0, 0.1) is 5.92 Å². The fourth-order valence-electron chi connectivity index (χ4n) is 4.76. The standard InChI is InChI=1S/C23H33N5O3/c1-29-18-11-17(12-19(13-18)30-2)26-23-25-15-21(31-3)22(27-23)24-14-16-7-6-10-28-9-5-4-8-20(16)28/h11-13,15-16,20H,4-10,14H2,1-3H3,(H2,24,25,26,27)/t16-,20+/m0/s1. The van der Waals surface area contributed by atoms with Crippen LogP contribution in [0.3, 0.4) is 0 Å². The molecule has 2 aromatic rings. The van der Waals surface area contributed by atoms with Crippen molar-refractivity contribution < 1.29 is 14.2 Å². The highest BCUT2D eigenvalue weighted by Gasteiger charge is 2.32. The zero-order valence-corrected chi connectivity index (χ0v) is 18.7. The molecule has 1 aromatic carbocycles. The maximum absolute atomic E-state index is 5.50. The quantitative estimate of drug-likeness (QED) is 0.656. The Morgan fingerprint density at radius 3 is 2.48 bits per heavy atom. The number of nitrogens with zero attached hydrogens (tertiary/aromatic N) is 3. The summed E-state index contributed by atoms with van der Waals surface area (Å²) >= 11 is 0. The van der Waals surface area contributed by atoms with E-state index >= 15 is 0 Å². The van der Waals surface area contributed by atoms with E-state index in [1.165, 1.54) is 45.2 Å². The van der Waals surface area contributed by atoms with Gasteiger partial charge in [-0.2, -0.15) is 4.98 Å². The third kappa shape index (κ3) is 5.12. The Hall–Kier alpha value is -2.74. The summed E-state index contributed by atoms with van der Waals surface area (Å²) in [5, 5.41) is 6.79. The van der Waals surface area contributed by atoms with Crippen molar-refractivity contribution in [1.82, 2.24) is 14.9 Å². The van der Waals surface area contributed by atoms with Gasteiger partial charge in [0.05, 0.1) is 27.5 Å². The fourth-order valence-corrected chi connectivity index (χ4v) is 4.76. The van der Waals surface area contributed by atoms with Gasteiger partial charge in [-0.15, -0.1) is 0 Å². The number of rotatable bonds is 8. The number of nitrogens with one attached hydrogen (secondary N) is 2. The summed E-state index contributed by atoms with van der Waals surface area (Å²) in [5.41, 5.74) is 0.789. The van der Waals surface area contributed by atoms with Crippen LogP contribution < -0.4 is 24.8 Å². The first-order valence-electron chi connectivity index (χ1n) is 11.1. The molecule has 2 aliphatic rings. The number of benzene rings is 1. The molecule has 0 spiro atoms. The monoisotopic (exact) mass is 427 g/mol. The number of hydrogen-bond acceptors (Lipinski definition) is 8. The van der Waals surface area contributed by atoms with E-state index < -0.39 is 0 Å². The topological polar surface area (TPSA) is 80.8 Å². The van der Waals surface area contributed by atoms with Gasteiger partial charge in [-0.05, 0) is 44.7 Å². The maximum atomic E-state index is 5.50. The Bertz CT molecular complexity index is 854. The number of fused-ring (bicyclic) bond motifs is 1. The summed E-state index contributed by atoms with van der Waals surface area (Å²) in [6.45, 7) is 3.38. The highest BCUT2D eigenvalue weighted by Crippen LogP contribution is 2.32. The third-order valence-electron chi connectivity index (χ3n) is 6.34. The van der Waals surface area contributed by atoms with Crippen LogP contribution in [0.25, 0.3) is 0 Å². The second-order valence-electron chi connectivity index (χ2n) is 8.22. The summed E-state index contributed by atoms with van der Waals surface area (Å²) in [6, 6.07) is 6.27. The van der Waals surface area contributed by atoms with Crippen molar-refractivity contribution in [1.29, 1.82) is 0 Å². The fraction of sp³-hybridized carbons (Fsp3) is 0.565. The summed E-state index contributed by atoms with van der Waals surface area (Å²) in [4.78, 5) is 11.8. The number of ether oxygens (including phenoxy) is 3. The molecular formula is C23H33N5O3. The third-order valence-corrected chi connectivity index (χ3v) is 6.34. The lowest BCUT2D eigenvalue weighted by Crippen LogP contribution is -2.49. The van der Waals surface area contributed by atoms with Gasteiger partial charge in [-0.1, -0.05) is 6.42 Å². The highest BCUT2D eigenvalue weighted by atomic mass is 16.5. The Morgan fingerprint density at radius 1 is 0.968 bits per heavy atom. The van der Waals surface area contributed by atoms with Crippen LogP contribution in [-0.2, 0) is 0 Å². The first-order valence-corrected chi connectivity index (χ1v) is 11.1. The van der Waals surface area contributed by atoms with Crippen LogP contribution in [0.4, 0.5) is 17.5 Å². The van der Waals surface area contributed by atoms with E-state index in [4.69, 9.17) is 14.2 Å². The van der Waals surface area contributed by atoms with Crippen LogP contribution >= 0.6 is 0 Å². The second kappa shape index (κ2) is 10.0. The maximum Gasteiger partial charge on any atom is 0.229 e. The minimum absolute atomic E-state index is 0.488. The minimum Gasteiger partial charge on any atom is -0.497 e. The average Bonchev–Trinajstić information content (AvgIpc) is 2.82. The summed E-state index contributed by atoms with van der Waals surface area (Å²) in [5.74, 6) is 3.87. The molecule has 2 aliphatic heterocycles. The summed E-state index contributed by atoms with van der Waals surface area (Å²) < 4.78 is 16.2. The van der Waals surface area contributed by atoms with Gasteiger partial charge in [-0.3, -0.25) is 0 Å². The molecule has 0 aliphatic carbocycles. The normalized spacial score (nSPS) is 21.1. The van der Waals surface area contributed by atoms with Gasteiger partial charge in [-0.25, -0.2) is 4.98 Å². The number of hydrogen-bond donors (Lipinski definition) is 2. The predicted molar refractivity (Wildman–Crippen MR) is 122 cm³/mol. The minimum atomic E-state index is 0.488. The Kier molecular flexibility index (Phi) is 6.96. The molecule has 0 amide bonds. The molecule has 2 N–H and O–H groups in total. The Morgan fingerprint density at radius 2 is 1.74 bits per heavy atom. The molecule has 168 valence electrons. The van der Waals surface area contributed by atoms with Gasteiger partial charge in [0.25, 0.3) is 0 Å². The molecule has 3 heterocycles. The van der Waals surface area contributed by atoms with Crippen LogP contribution in [0.5, 0.6) is 17.2 Å². The zero-order valence-electron chi connectivity index (χ0n) is 18.7. The molecule has 8 nitrogen and oxygen atoms in total. The van der Waals surface area contributed by atoms with Gasteiger partial charge in [0, 0.05) is 36.5 Å². The molecular weight excluding hydrogens is 394 g/mol. The van der Waals surface area contributed by atoms with Crippen molar-refractivity contribution >= 4 is 17.5 Å². The van der Waals surface area contributed by atoms with Gasteiger partial charge in [0.15, 0.2) is 11.6 Å². The van der Waals surface area contributed by atoms with Crippen molar-refractivity contribution in [3.05, 3.63) is 24.4 Å². The van der Waals surface area contributed by atoms with Gasteiger partial charge in [0.1, 0.15) is 11.5 Å². The number of piperidine rings is 2. The molecule has 8 heteroatoms. The van der Waals surface area contributed by atoms with E-state index in [0.717, 1.165) is 12.2 Å². The molecule has 4 rings (SSSR count). The lowest BCUT2D eigenvalue weighted by molar-refractivity contribution is 0.0649. The smallest absolute Gasteiger partial charge is 0.229 e. The molecule has 0 unspecified atom stereocenters. The number of anilines is 3. The van der Waals surface area contributed by atoms with Crippen LogP contribution in [0.1, 0.15) is 32.1 Å². The van der Waals surface area contributed by atoms with Crippen LogP contribution in [0.15, 0.2) is 24.4 Å². The van der Waals surface area contributed by atoms with E-state index in [-0.39, 0.29) is 0 Å². The van der Waals surface area contributed by atoms with E-state index in [1.807, 2.05) is 18.2 Å². The van der Waals surface area contributed by atoms with E-state index in [0.29, 0.717) is 41.0 Å². The molecule has 1 aromatic heterocycles. The van der Waals surface area contributed by atoms with Crippen LogP contribution in [-0.4, -0.2) is 61.9 Å².